The first-order valence-electron chi connectivity index (χ1n) is 2.90. The Balaban J connectivity index is 4.24. The van der Waals surface area contributed by atoms with Gasteiger partial charge in [-0.05, 0) is 0 Å². The summed E-state index contributed by atoms with van der Waals surface area (Å²) < 4.78 is 0. The highest BCUT2D eigenvalue weighted by atomic mass is 16.4. The minimum atomic E-state index is -2.15. The van der Waals surface area contributed by atoms with Crippen LogP contribution in [0.2, 0.25) is 0 Å². The number of nitrogens with two attached hydrogens (primary N) is 1. The van der Waals surface area contributed by atoms with E-state index in [1.807, 2.05) is 0 Å². The predicted octanol–water partition coefficient (Wildman–Crippen LogP) is -5.07. The van der Waals surface area contributed by atoms with Crippen LogP contribution < -0.4 is 21.3 Å². The number of carbonyl (C=O) groups excluding carboxylic acids is 3. The summed E-state index contributed by atoms with van der Waals surface area (Å²) in [5.41, 5.74) is 4.78. The molecule has 0 radical (unpaired) electrons. The largest absolute Gasteiger partial charge is 0.547 e. The van der Waals surface area contributed by atoms with E-state index in [1.54, 1.807) is 5.32 Å². The number of carbonyl (C=O) groups is 3. The molecule has 0 aliphatic rings. The van der Waals surface area contributed by atoms with Gasteiger partial charge in [0.2, 0.25) is 5.91 Å². The van der Waals surface area contributed by atoms with E-state index >= 15 is 0 Å². The van der Waals surface area contributed by atoms with Crippen molar-refractivity contribution in [2.45, 2.75) is 6.04 Å². The lowest BCUT2D eigenvalue weighted by atomic mass is 10.3. The van der Waals surface area contributed by atoms with Gasteiger partial charge in [0.25, 0.3) is 0 Å². The van der Waals surface area contributed by atoms with E-state index in [4.69, 9.17) is 5.73 Å². The Labute approximate surface area is 67.2 Å². The van der Waals surface area contributed by atoms with Crippen LogP contribution in [-0.4, -0.2) is 30.4 Å². The molecule has 7 nitrogen and oxygen atoms in total. The topological polar surface area (TPSA) is 135 Å². The number of carboxylic acids is 2. The third-order valence-corrected chi connectivity index (χ3v) is 0.962. The van der Waals surface area contributed by atoms with Crippen molar-refractivity contribution in [3.63, 3.8) is 0 Å². The van der Waals surface area contributed by atoms with Gasteiger partial charge in [-0.15, -0.1) is 0 Å². The molecule has 0 atom stereocenters. The second-order valence-corrected chi connectivity index (χ2v) is 1.84. The van der Waals surface area contributed by atoms with Gasteiger partial charge in [0, 0.05) is 0 Å². The van der Waals surface area contributed by atoms with Crippen LogP contribution in [0, 0.1) is 0 Å². The highest BCUT2D eigenvalue weighted by Gasteiger charge is 2.12. The van der Waals surface area contributed by atoms with Gasteiger partial charge in [-0.2, -0.15) is 0 Å². The molecular formula is C5H6N2O5-2. The van der Waals surface area contributed by atoms with Crippen molar-refractivity contribution in [2.75, 3.05) is 6.54 Å². The summed E-state index contributed by atoms with van der Waals surface area (Å²) in [6.07, 6.45) is 0. The molecule has 12 heavy (non-hydrogen) atoms. The Morgan fingerprint density at radius 2 is 1.67 bits per heavy atom. The van der Waals surface area contributed by atoms with Crippen molar-refractivity contribution in [1.29, 1.82) is 0 Å². The zero-order chi connectivity index (χ0) is 9.72. The SMILES string of the molecule is NCC(=O)NC(C(=O)[O-])C(=O)[O-]. The number of aliphatic carboxylic acids is 2. The zero-order valence-electron chi connectivity index (χ0n) is 5.90. The quantitative estimate of drug-likeness (QED) is 0.409. The summed E-state index contributed by atoms with van der Waals surface area (Å²) in [6, 6.07) is -2.15. The van der Waals surface area contributed by atoms with Crippen LogP contribution in [0.3, 0.4) is 0 Å². The van der Waals surface area contributed by atoms with Gasteiger partial charge in [-0.25, -0.2) is 0 Å². The fourth-order valence-corrected chi connectivity index (χ4v) is 0.434. The molecule has 0 saturated carbocycles. The maximum absolute atomic E-state index is 10.4. The van der Waals surface area contributed by atoms with Gasteiger partial charge in [0.1, 0.15) is 6.04 Å². The van der Waals surface area contributed by atoms with Crippen LogP contribution in [0.15, 0.2) is 0 Å². The molecule has 0 spiro atoms. The fourth-order valence-electron chi connectivity index (χ4n) is 0.434. The van der Waals surface area contributed by atoms with Crippen molar-refractivity contribution >= 4 is 17.8 Å². The molecule has 7 heteroatoms. The maximum Gasteiger partial charge on any atom is 0.234 e. The number of rotatable bonds is 4. The van der Waals surface area contributed by atoms with Gasteiger partial charge < -0.3 is 30.9 Å². The van der Waals surface area contributed by atoms with Crippen LogP contribution in [0.4, 0.5) is 0 Å². The van der Waals surface area contributed by atoms with Gasteiger partial charge in [0.05, 0.1) is 18.5 Å². The average molecular weight is 174 g/mol. The lowest BCUT2D eigenvalue weighted by molar-refractivity contribution is -0.326. The van der Waals surface area contributed by atoms with Gasteiger partial charge in [-0.1, -0.05) is 0 Å². The van der Waals surface area contributed by atoms with E-state index < -0.39 is 30.4 Å². The normalized spacial score (nSPS) is 9.50. The van der Waals surface area contributed by atoms with Gasteiger partial charge in [-0.3, -0.25) is 4.79 Å². The smallest absolute Gasteiger partial charge is 0.234 e. The molecule has 0 bridgehead atoms. The van der Waals surface area contributed by atoms with Crippen molar-refractivity contribution in [3.8, 4) is 0 Å². The second kappa shape index (κ2) is 4.29. The Morgan fingerprint density at radius 1 is 1.25 bits per heavy atom. The van der Waals surface area contributed by atoms with Crippen LogP contribution in [-0.2, 0) is 14.4 Å². The zero-order valence-corrected chi connectivity index (χ0v) is 5.90. The highest BCUT2D eigenvalue weighted by molar-refractivity contribution is 5.99. The Hall–Kier alpha value is -1.63. The maximum atomic E-state index is 10.4. The second-order valence-electron chi connectivity index (χ2n) is 1.84. The molecule has 0 unspecified atom stereocenters. The van der Waals surface area contributed by atoms with E-state index in [0.29, 0.717) is 0 Å². The lowest BCUT2D eigenvalue weighted by Crippen LogP contribution is -2.58. The summed E-state index contributed by atoms with van der Waals surface area (Å²) in [5, 5.41) is 21.6. The summed E-state index contributed by atoms with van der Waals surface area (Å²) in [7, 11) is 0. The molecule has 0 aromatic heterocycles. The third kappa shape index (κ3) is 2.97. The van der Waals surface area contributed by atoms with Crippen LogP contribution in [0.5, 0.6) is 0 Å². The molecule has 0 rings (SSSR count). The molecule has 0 saturated heterocycles. The standard InChI is InChI=1S/C5H8N2O5/c6-1-2(8)7-3(4(9)10)5(11)12/h3H,1,6H2,(H,7,8)(H,9,10)(H,11,12)/p-2. The number of carboxylic acid groups (broad SMARTS) is 2. The molecule has 0 aliphatic carbocycles. The van der Waals surface area contributed by atoms with Gasteiger partial charge >= 0.3 is 0 Å². The molecule has 0 aromatic carbocycles. The van der Waals surface area contributed by atoms with Crippen LogP contribution in [0.25, 0.3) is 0 Å². The average Bonchev–Trinajstić information content (AvgIpc) is 1.98. The summed E-state index contributed by atoms with van der Waals surface area (Å²) >= 11 is 0. The van der Waals surface area contributed by atoms with Crippen LogP contribution >= 0.6 is 0 Å². The fraction of sp³-hybridized carbons (Fsp3) is 0.400. The van der Waals surface area contributed by atoms with E-state index in [9.17, 15) is 24.6 Å². The number of amides is 1. The van der Waals surface area contributed by atoms with E-state index in [1.165, 1.54) is 0 Å². The summed E-state index contributed by atoms with van der Waals surface area (Å²) in [6.45, 7) is -0.503. The molecule has 0 aliphatic heterocycles. The predicted molar refractivity (Wildman–Crippen MR) is 31.0 cm³/mol. The molecular weight excluding hydrogens is 168 g/mol. The van der Waals surface area contributed by atoms with Crippen LogP contribution in [0.1, 0.15) is 0 Å². The van der Waals surface area contributed by atoms with E-state index in [0.717, 1.165) is 0 Å². The molecule has 0 heterocycles. The molecule has 3 N–H and O–H groups in total. The van der Waals surface area contributed by atoms with Crippen molar-refractivity contribution < 1.29 is 24.6 Å². The molecule has 0 aromatic rings. The summed E-state index contributed by atoms with van der Waals surface area (Å²) in [5.74, 6) is -4.80. The third-order valence-electron chi connectivity index (χ3n) is 0.962. The highest BCUT2D eigenvalue weighted by Crippen LogP contribution is 1.78. The first kappa shape index (κ1) is 10.4. The first-order chi connectivity index (χ1) is 5.49. The Kier molecular flexibility index (Phi) is 3.71. The van der Waals surface area contributed by atoms with Crippen molar-refractivity contribution in [1.82, 2.24) is 5.32 Å². The number of hydrogen-bond donors (Lipinski definition) is 2. The van der Waals surface area contributed by atoms with E-state index in [2.05, 4.69) is 0 Å². The number of nitrogens with one attached hydrogen (secondary N) is 1. The monoisotopic (exact) mass is 174 g/mol. The van der Waals surface area contributed by atoms with Crippen molar-refractivity contribution in [2.24, 2.45) is 5.73 Å². The Morgan fingerprint density at radius 3 is 1.92 bits per heavy atom. The Bertz CT molecular complexity index is 200. The molecule has 1 amide bonds. The lowest BCUT2D eigenvalue weighted by Gasteiger charge is -2.19. The number of hydrogen-bond acceptors (Lipinski definition) is 6. The minimum absolute atomic E-state index is 0.503. The molecule has 68 valence electrons. The van der Waals surface area contributed by atoms with Crippen molar-refractivity contribution in [3.05, 3.63) is 0 Å². The summed E-state index contributed by atoms with van der Waals surface area (Å²) in [4.78, 5) is 30.4. The van der Waals surface area contributed by atoms with Gasteiger partial charge in [0.15, 0.2) is 0 Å². The van der Waals surface area contributed by atoms with E-state index in [-0.39, 0.29) is 0 Å². The molecule has 0 fully saturated rings. The minimum Gasteiger partial charge on any atom is -0.547 e. The first-order valence-corrected chi connectivity index (χ1v) is 2.90.